The van der Waals surface area contributed by atoms with E-state index in [1.807, 2.05) is 6.07 Å². The Balaban J connectivity index is 1.59. The van der Waals surface area contributed by atoms with Gasteiger partial charge in [0.2, 0.25) is 0 Å². The quantitative estimate of drug-likeness (QED) is 0.793. The summed E-state index contributed by atoms with van der Waals surface area (Å²) < 4.78 is 27.7. The Bertz CT molecular complexity index is 769. The summed E-state index contributed by atoms with van der Waals surface area (Å²) in [4.78, 5) is 2.36. The van der Waals surface area contributed by atoms with Crippen LogP contribution in [0.4, 0.5) is 0 Å². The summed E-state index contributed by atoms with van der Waals surface area (Å²) in [5.41, 5.74) is 1.31. The van der Waals surface area contributed by atoms with E-state index in [-0.39, 0.29) is 0 Å². The second-order valence-corrected chi connectivity index (χ2v) is 9.92. The van der Waals surface area contributed by atoms with Gasteiger partial charge in [-0.2, -0.15) is 4.31 Å². The Hall–Kier alpha value is -0.920. The summed E-state index contributed by atoms with van der Waals surface area (Å²) in [7, 11) is -3.41. The number of thiophene rings is 1. The number of nitrogens with zero attached hydrogens (tertiary/aromatic N) is 2. The molecule has 4 nitrogen and oxygen atoms in total. The molecule has 0 aliphatic carbocycles. The molecule has 130 valence electrons. The van der Waals surface area contributed by atoms with Crippen molar-refractivity contribution in [1.29, 1.82) is 0 Å². The van der Waals surface area contributed by atoms with Gasteiger partial charge in [-0.15, -0.1) is 11.3 Å². The molecular weight excluding hydrogens is 364 g/mol. The lowest BCUT2D eigenvalue weighted by Gasteiger charge is -2.37. The molecule has 24 heavy (non-hydrogen) atoms. The van der Waals surface area contributed by atoms with Gasteiger partial charge in [-0.05, 0) is 31.0 Å². The van der Waals surface area contributed by atoms with Crippen LogP contribution in [0, 0.1) is 0 Å². The SMILES string of the molecule is CC(Cc1ccccc1)N1CCN(S(=O)(=O)c2ccc(Cl)s2)CC1. The molecule has 0 radical (unpaired) electrons. The number of hydrogen-bond acceptors (Lipinski definition) is 4. The Morgan fingerprint density at radius 2 is 1.75 bits per heavy atom. The third-order valence-corrected chi connectivity index (χ3v) is 8.01. The number of hydrogen-bond donors (Lipinski definition) is 0. The van der Waals surface area contributed by atoms with Gasteiger partial charge in [-0.25, -0.2) is 8.42 Å². The highest BCUT2D eigenvalue weighted by molar-refractivity contribution is 7.91. The highest BCUT2D eigenvalue weighted by Gasteiger charge is 2.30. The van der Waals surface area contributed by atoms with Crippen molar-refractivity contribution in [2.45, 2.75) is 23.6 Å². The Morgan fingerprint density at radius 3 is 2.33 bits per heavy atom. The summed E-state index contributed by atoms with van der Waals surface area (Å²) >= 11 is 6.99. The van der Waals surface area contributed by atoms with E-state index in [1.54, 1.807) is 16.4 Å². The highest BCUT2D eigenvalue weighted by atomic mass is 35.5. The van der Waals surface area contributed by atoms with E-state index in [4.69, 9.17) is 11.6 Å². The minimum absolute atomic E-state index is 0.332. The van der Waals surface area contributed by atoms with Crippen molar-refractivity contribution in [2.75, 3.05) is 26.2 Å². The van der Waals surface area contributed by atoms with Crippen LogP contribution in [0.2, 0.25) is 4.34 Å². The van der Waals surface area contributed by atoms with Crippen molar-refractivity contribution < 1.29 is 8.42 Å². The van der Waals surface area contributed by atoms with E-state index in [9.17, 15) is 8.42 Å². The molecule has 1 atom stereocenters. The van der Waals surface area contributed by atoms with Crippen molar-refractivity contribution in [3.8, 4) is 0 Å². The van der Waals surface area contributed by atoms with Crippen LogP contribution in [0.25, 0.3) is 0 Å². The monoisotopic (exact) mass is 384 g/mol. The molecule has 1 unspecified atom stereocenters. The first kappa shape index (κ1) is 17.9. The molecule has 1 aromatic heterocycles. The Labute approximate surface area is 152 Å². The Morgan fingerprint density at radius 1 is 1.08 bits per heavy atom. The molecule has 0 N–H and O–H groups in total. The summed E-state index contributed by atoms with van der Waals surface area (Å²) in [5.74, 6) is 0. The number of rotatable bonds is 5. The van der Waals surface area contributed by atoms with Crippen LogP contribution in [0.15, 0.2) is 46.7 Å². The van der Waals surface area contributed by atoms with Gasteiger partial charge in [0.15, 0.2) is 0 Å². The molecule has 2 heterocycles. The van der Waals surface area contributed by atoms with Gasteiger partial charge in [0.05, 0.1) is 4.34 Å². The fourth-order valence-electron chi connectivity index (χ4n) is 3.03. The standard InChI is InChI=1S/C17H21ClN2O2S2/c1-14(13-15-5-3-2-4-6-15)19-9-11-20(12-10-19)24(21,22)17-8-7-16(18)23-17/h2-8,14H,9-13H2,1H3. The number of halogens is 1. The largest absolute Gasteiger partial charge is 0.298 e. The molecule has 7 heteroatoms. The van der Waals surface area contributed by atoms with E-state index < -0.39 is 10.0 Å². The van der Waals surface area contributed by atoms with Gasteiger partial charge in [0, 0.05) is 32.2 Å². The zero-order valence-corrected chi connectivity index (χ0v) is 15.9. The highest BCUT2D eigenvalue weighted by Crippen LogP contribution is 2.28. The lowest BCUT2D eigenvalue weighted by Crippen LogP contribution is -2.51. The molecule has 1 aliphatic rings. The van der Waals surface area contributed by atoms with Gasteiger partial charge in [0.1, 0.15) is 4.21 Å². The van der Waals surface area contributed by atoms with Crippen molar-refractivity contribution in [1.82, 2.24) is 9.21 Å². The predicted octanol–water partition coefficient (Wildman–Crippen LogP) is 3.34. The minimum Gasteiger partial charge on any atom is -0.298 e. The van der Waals surface area contributed by atoms with Crippen LogP contribution in [-0.4, -0.2) is 49.8 Å². The van der Waals surface area contributed by atoms with Crippen molar-refractivity contribution in [2.24, 2.45) is 0 Å². The molecule has 3 rings (SSSR count). The normalized spacial score (nSPS) is 18.6. The van der Waals surface area contributed by atoms with Gasteiger partial charge < -0.3 is 0 Å². The summed E-state index contributed by atoms with van der Waals surface area (Å²) in [6.45, 7) is 4.77. The summed E-state index contributed by atoms with van der Waals surface area (Å²) in [6.07, 6.45) is 0.980. The zero-order chi connectivity index (χ0) is 17.2. The predicted molar refractivity (Wildman–Crippen MR) is 99.3 cm³/mol. The van der Waals surface area contributed by atoms with Crippen LogP contribution in [-0.2, 0) is 16.4 Å². The second kappa shape index (κ2) is 7.54. The van der Waals surface area contributed by atoms with E-state index in [0.29, 0.717) is 27.7 Å². The maximum absolute atomic E-state index is 12.6. The fraction of sp³-hybridized carbons (Fsp3) is 0.412. The van der Waals surface area contributed by atoms with Crippen molar-refractivity contribution in [3.63, 3.8) is 0 Å². The molecule has 0 bridgehead atoms. The van der Waals surface area contributed by atoms with Crippen molar-refractivity contribution >= 4 is 33.0 Å². The van der Waals surface area contributed by atoms with Crippen LogP contribution >= 0.6 is 22.9 Å². The van der Waals surface area contributed by atoms with Crippen LogP contribution in [0.5, 0.6) is 0 Å². The first-order valence-corrected chi connectivity index (χ1v) is 10.6. The smallest absolute Gasteiger partial charge is 0.252 e. The summed E-state index contributed by atoms with van der Waals surface area (Å²) in [5, 5.41) is 0. The molecule has 1 fully saturated rings. The van der Waals surface area contributed by atoms with Crippen LogP contribution < -0.4 is 0 Å². The van der Waals surface area contributed by atoms with Crippen molar-refractivity contribution in [3.05, 3.63) is 52.4 Å². The minimum atomic E-state index is -3.41. The molecule has 0 saturated carbocycles. The van der Waals surface area contributed by atoms with Gasteiger partial charge in [-0.1, -0.05) is 41.9 Å². The molecule has 1 aliphatic heterocycles. The van der Waals surface area contributed by atoms with Crippen LogP contribution in [0.3, 0.4) is 0 Å². The molecule has 1 aromatic carbocycles. The number of benzene rings is 1. The lowest BCUT2D eigenvalue weighted by atomic mass is 10.1. The van der Waals surface area contributed by atoms with E-state index >= 15 is 0 Å². The van der Waals surface area contributed by atoms with E-state index in [1.165, 1.54) is 5.56 Å². The average molecular weight is 385 g/mol. The van der Waals surface area contributed by atoms with Crippen LogP contribution in [0.1, 0.15) is 12.5 Å². The first-order valence-electron chi connectivity index (χ1n) is 8.00. The molecule has 0 spiro atoms. The molecule has 1 saturated heterocycles. The lowest BCUT2D eigenvalue weighted by molar-refractivity contribution is 0.145. The van der Waals surface area contributed by atoms with E-state index in [2.05, 4.69) is 36.1 Å². The summed E-state index contributed by atoms with van der Waals surface area (Å²) in [6, 6.07) is 14.0. The number of sulfonamides is 1. The third-order valence-electron chi connectivity index (χ3n) is 4.41. The molecule has 2 aromatic rings. The Kier molecular flexibility index (Phi) is 5.62. The van der Waals surface area contributed by atoms with Gasteiger partial charge in [0.25, 0.3) is 10.0 Å². The maximum Gasteiger partial charge on any atom is 0.252 e. The van der Waals surface area contributed by atoms with Gasteiger partial charge >= 0.3 is 0 Å². The topological polar surface area (TPSA) is 40.6 Å². The third kappa shape index (κ3) is 4.00. The second-order valence-electron chi connectivity index (χ2n) is 6.04. The fourth-order valence-corrected chi connectivity index (χ4v) is 6.09. The average Bonchev–Trinajstić information content (AvgIpc) is 3.03. The molecular formula is C17H21ClN2O2S2. The zero-order valence-electron chi connectivity index (χ0n) is 13.6. The maximum atomic E-state index is 12.6. The van der Waals surface area contributed by atoms with E-state index in [0.717, 1.165) is 30.8 Å². The number of piperazine rings is 1. The first-order chi connectivity index (χ1) is 11.5. The molecule has 0 amide bonds. The van der Waals surface area contributed by atoms with Gasteiger partial charge in [-0.3, -0.25) is 4.90 Å².